The van der Waals surface area contributed by atoms with Gasteiger partial charge in [-0.1, -0.05) is 18.2 Å². The maximum absolute atomic E-state index is 12.1. The third-order valence-electron chi connectivity index (χ3n) is 3.26. The van der Waals surface area contributed by atoms with Crippen LogP contribution in [0.5, 0.6) is 0 Å². The number of carbonyl (C=O) groups is 2. The lowest BCUT2D eigenvalue weighted by Gasteiger charge is -2.01. The predicted molar refractivity (Wildman–Crippen MR) is 82.1 cm³/mol. The predicted octanol–water partition coefficient (Wildman–Crippen LogP) is 1.03. The van der Waals surface area contributed by atoms with Crippen LogP contribution < -0.4 is 11.1 Å². The van der Waals surface area contributed by atoms with Gasteiger partial charge in [-0.05, 0) is 11.6 Å². The van der Waals surface area contributed by atoms with Gasteiger partial charge in [0.2, 0.25) is 11.8 Å². The zero-order valence-electron chi connectivity index (χ0n) is 11.7. The summed E-state index contributed by atoms with van der Waals surface area (Å²) in [6, 6.07) is 7.81. The topological polar surface area (TPSA) is 106 Å². The van der Waals surface area contributed by atoms with E-state index < -0.39 is 5.91 Å². The standard InChI is InChI=1S/C15H15N5O2/c16-14(21)9-20-8-11(7-18-20)19-15(22)5-10-6-17-13-4-2-1-3-12(10)13/h1-4,6-8,17H,5,9H2,(H2,16,21)(H,19,22). The molecule has 2 heterocycles. The van der Waals surface area contributed by atoms with Crippen molar-refractivity contribution >= 4 is 28.4 Å². The van der Waals surface area contributed by atoms with Crippen molar-refractivity contribution in [1.29, 1.82) is 0 Å². The minimum atomic E-state index is -0.486. The summed E-state index contributed by atoms with van der Waals surface area (Å²) < 4.78 is 1.38. The highest BCUT2D eigenvalue weighted by Gasteiger charge is 2.10. The van der Waals surface area contributed by atoms with E-state index in [0.29, 0.717) is 5.69 Å². The second kappa shape index (κ2) is 5.72. The molecule has 0 aliphatic heterocycles. The molecule has 22 heavy (non-hydrogen) atoms. The molecule has 0 atom stereocenters. The van der Waals surface area contributed by atoms with Gasteiger partial charge in [0.25, 0.3) is 0 Å². The van der Waals surface area contributed by atoms with Crippen LogP contribution in [-0.2, 0) is 22.6 Å². The molecule has 0 aliphatic carbocycles. The average Bonchev–Trinajstić information content (AvgIpc) is 3.06. The van der Waals surface area contributed by atoms with Gasteiger partial charge in [-0.2, -0.15) is 5.10 Å². The third kappa shape index (κ3) is 2.98. The number of benzene rings is 1. The van der Waals surface area contributed by atoms with E-state index in [1.54, 1.807) is 6.20 Å². The number of aromatic nitrogens is 3. The van der Waals surface area contributed by atoms with Crippen molar-refractivity contribution in [2.24, 2.45) is 5.73 Å². The largest absolute Gasteiger partial charge is 0.368 e. The molecule has 0 bridgehead atoms. The van der Waals surface area contributed by atoms with E-state index in [-0.39, 0.29) is 18.9 Å². The van der Waals surface area contributed by atoms with E-state index in [1.807, 2.05) is 30.5 Å². The van der Waals surface area contributed by atoms with Gasteiger partial charge in [-0.25, -0.2) is 0 Å². The van der Waals surface area contributed by atoms with Crippen molar-refractivity contribution in [2.45, 2.75) is 13.0 Å². The zero-order valence-corrected chi connectivity index (χ0v) is 11.7. The number of para-hydroxylation sites is 1. The van der Waals surface area contributed by atoms with Crippen molar-refractivity contribution in [1.82, 2.24) is 14.8 Å². The summed E-state index contributed by atoms with van der Waals surface area (Å²) in [6.45, 7) is -0.0156. The maximum atomic E-state index is 12.1. The number of nitrogens with one attached hydrogen (secondary N) is 2. The molecule has 0 saturated heterocycles. The van der Waals surface area contributed by atoms with E-state index in [9.17, 15) is 9.59 Å². The molecule has 3 aromatic rings. The first-order valence-corrected chi connectivity index (χ1v) is 6.77. The first kappa shape index (κ1) is 13.9. The van der Waals surface area contributed by atoms with Crippen LogP contribution in [0.2, 0.25) is 0 Å². The van der Waals surface area contributed by atoms with Gasteiger partial charge in [0.15, 0.2) is 0 Å². The molecule has 3 rings (SSSR count). The lowest BCUT2D eigenvalue weighted by molar-refractivity contribution is -0.118. The van der Waals surface area contributed by atoms with E-state index >= 15 is 0 Å². The van der Waals surface area contributed by atoms with E-state index in [1.165, 1.54) is 10.9 Å². The summed E-state index contributed by atoms with van der Waals surface area (Å²) in [5.41, 5.74) is 7.55. The number of rotatable bonds is 5. The van der Waals surface area contributed by atoms with Crippen LogP contribution in [0.1, 0.15) is 5.56 Å². The molecule has 0 radical (unpaired) electrons. The van der Waals surface area contributed by atoms with Crippen LogP contribution in [0.15, 0.2) is 42.9 Å². The average molecular weight is 297 g/mol. The minimum Gasteiger partial charge on any atom is -0.368 e. The van der Waals surface area contributed by atoms with Crippen molar-refractivity contribution in [2.75, 3.05) is 5.32 Å². The minimum absolute atomic E-state index is 0.0156. The number of hydrogen-bond donors (Lipinski definition) is 3. The Morgan fingerprint density at radius 1 is 1.32 bits per heavy atom. The van der Waals surface area contributed by atoms with Crippen molar-refractivity contribution in [3.8, 4) is 0 Å². The van der Waals surface area contributed by atoms with E-state index in [2.05, 4.69) is 15.4 Å². The molecule has 0 fully saturated rings. The molecule has 1 aromatic carbocycles. The number of amides is 2. The smallest absolute Gasteiger partial charge is 0.239 e. The molecule has 4 N–H and O–H groups in total. The summed E-state index contributed by atoms with van der Waals surface area (Å²) in [4.78, 5) is 26.0. The van der Waals surface area contributed by atoms with Crippen LogP contribution in [-0.4, -0.2) is 26.6 Å². The SMILES string of the molecule is NC(=O)Cn1cc(NC(=O)Cc2c[nH]c3ccccc23)cn1. The molecule has 7 nitrogen and oxygen atoms in total. The molecule has 0 aliphatic rings. The van der Waals surface area contributed by atoms with Crippen LogP contribution in [0.4, 0.5) is 5.69 Å². The van der Waals surface area contributed by atoms with Crippen molar-refractivity contribution in [3.05, 3.63) is 48.4 Å². The number of hydrogen-bond acceptors (Lipinski definition) is 3. The fourth-order valence-electron chi connectivity index (χ4n) is 2.33. The highest BCUT2D eigenvalue weighted by molar-refractivity contribution is 5.95. The number of aromatic amines is 1. The summed E-state index contributed by atoms with van der Waals surface area (Å²) >= 11 is 0. The Bertz CT molecular complexity index is 833. The zero-order chi connectivity index (χ0) is 15.5. The van der Waals surface area contributed by atoms with Crippen LogP contribution >= 0.6 is 0 Å². The molecular weight excluding hydrogens is 282 g/mol. The Balaban J connectivity index is 1.67. The summed E-state index contributed by atoms with van der Waals surface area (Å²) in [6.07, 6.45) is 5.14. The van der Waals surface area contributed by atoms with Gasteiger partial charge in [0.05, 0.1) is 18.3 Å². The molecule has 0 spiro atoms. The number of fused-ring (bicyclic) bond motifs is 1. The van der Waals surface area contributed by atoms with Crippen molar-refractivity contribution < 1.29 is 9.59 Å². The van der Waals surface area contributed by atoms with Crippen LogP contribution in [0, 0.1) is 0 Å². The Hall–Kier alpha value is -3.09. The molecule has 7 heteroatoms. The first-order chi connectivity index (χ1) is 10.6. The normalized spacial score (nSPS) is 10.7. The second-order valence-electron chi connectivity index (χ2n) is 4.98. The number of H-pyrrole nitrogens is 1. The summed E-state index contributed by atoms with van der Waals surface area (Å²) in [5, 5.41) is 7.73. The molecule has 0 unspecified atom stereocenters. The molecule has 0 saturated carbocycles. The molecule has 2 amide bonds. The third-order valence-corrected chi connectivity index (χ3v) is 3.26. The number of carbonyl (C=O) groups excluding carboxylic acids is 2. The van der Waals surface area contributed by atoms with Gasteiger partial charge in [0, 0.05) is 23.3 Å². The maximum Gasteiger partial charge on any atom is 0.239 e. The monoisotopic (exact) mass is 297 g/mol. The van der Waals surface area contributed by atoms with Crippen molar-refractivity contribution in [3.63, 3.8) is 0 Å². The molecule has 112 valence electrons. The number of nitrogens with zero attached hydrogens (tertiary/aromatic N) is 2. The Kier molecular flexibility index (Phi) is 3.61. The lowest BCUT2D eigenvalue weighted by Crippen LogP contribution is -2.18. The van der Waals surface area contributed by atoms with Gasteiger partial charge in [0.1, 0.15) is 6.54 Å². The van der Waals surface area contributed by atoms with E-state index in [4.69, 9.17) is 5.73 Å². The van der Waals surface area contributed by atoms with Gasteiger partial charge in [-0.15, -0.1) is 0 Å². The Labute approximate surface area is 126 Å². The lowest BCUT2D eigenvalue weighted by atomic mass is 10.1. The van der Waals surface area contributed by atoms with E-state index in [0.717, 1.165) is 16.5 Å². The first-order valence-electron chi connectivity index (χ1n) is 6.77. The number of primary amides is 1. The molecule has 2 aromatic heterocycles. The fraction of sp³-hybridized carbons (Fsp3) is 0.133. The quantitative estimate of drug-likeness (QED) is 0.655. The van der Waals surface area contributed by atoms with Gasteiger partial charge >= 0.3 is 0 Å². The second-order valence-corrected chi connectivity index (χ2v) is 4.98. The highest BCUT2D eigenvalue weighted by atomic mass is 16.2. The number of nitrogens with two attached hydrogens (primary N) is 1. The fourth-order valence-corrected chi connectivity index (χ4v) is 2.33. The highest BCUT2D eigenvalue weighted by Crippen LogP contribution is 2.18. The van der Waals surface area contributed by atoms with Gasteiger partial charge < -0.3 is 16.0 Å². The molecular formula is C15H15N5O2. The summed E-state index contributed by atoms with van der Waals surface area (Å²) in [5.74, 6) is -0.636. The number of anilines is 1. The van der Waals surface area contributed by atoms with Crippen LogP contribution in [0.3, 0.4) is 0 Å². The van der Waals surface area contributed by atoms with Crippen LogP contribution in [0.25, 0.3) is 10.9 Å². The Morgan fingerprint density at radius 2 is 2.14 bits per heavy atom. The summed E-state index contributed by atoms with van der Waals surface area (Å²) in [7, 11) is 0. The Morgan fingerprint density at radius 3 is 2.95 bits per heavy atom. The van der Waals surface area contributed by atoms with Gasteiger partial charge in [-0.3, -0.25) is 14.3 Å².